The summed E-state index contributed by atoms with van der Waals surface area (Å²) >= 11 is 0. The van der Waals surface area contributed by atoms with Gasteiger partial charge in [-0.05, 0) is 29.7 Å². The Morgan fingerprint density at radius 1 is 1.00 bits per heavy atom. The predicted molar refractivity (Wildman–Crippen MR) is 96.8 cm³/mol. The third kappa shape index (κ3) is 2.63. The van der Waals surface area contributed by atoms with Crippen LogP contribution in [0, 0.1) is 0 Å². The first-order valence-corrected chi connectivity index (χ1v) is 8.08. The molecule has 0 atom stereocenters. The maximum atomic E-state index is 5.88. The van der Waals surface area contributed by atoms with Crippen molar-refractivity contribution < 1.29 is 14.2 Å². The van der Waals surface area contributed by atoms with Crippen LogP contribution >= 0.6 is 0 Å². The standard InChI is InChI=1S/C20H23NO3/c1-5-15-18-16(11-12-17(23-4)20(18)24-13-22-3)21(2)19(15)14-9-7-6-8-10-14/h6-12H,5,13H2,1-4H3. The van der Waals surface area contributed by atoms with Crippen LogP contribution in [0.3, 0.4) is 0 Å². The molecule has 0 aliphatic carbocycles. The number of aryl methyl sites for hydroxylation is 2. The number of benzene rings is 2. The Hall–Kier alpha value is -2.46. The number of hydrogen-bond acceptors (Lipinski definition) is 3. The minimum atomic E-state index is 0.189. The second kappa shape index (κ2) is 6.97. The van der Waals surface area contributed by atoms with Gasteiger partial charge in [-0.2, -0.15) is 0 Å². The second-order valence-electron chi connectivity index (χ2n) is 5.65. The maximum absolute atomic E-state index is 5.88. The van der Waals surface area contributed by atoms with E-state index in [1.54, 1.807) is 14.2 Å². The zero-order valence-corrected chi connectivity index (χ0v) is 14.6. The first kappa shape index (κ1) is 16.4. The highest BCUT2D eigenvalue weighted by Crippen LogP contribution is 2.43. The Morgan fingerprint density at radius 2 is 1.75 bits per heavy atom. The van der Waals surface area contributed by atoms with Gasteiger partial charge in [-0.3, -0.25) is 0 Å². The first-order chi connectivity index (χ1) is 11.7. The molecule has 1 aromatic heterocycles. The Balaban J connectivity index is 2.34. The molecule has 0 aliphatic rings. The Bertz CT molecular complexity index is 837. The third-order valence-electron chi connectivity index (χ3n) is 4.33. The van der Waals surface area contributed by atoms with Gasteiger partial charge in [0.2, 0.25) is 0 Å². The summed E-state index contributed by atoms with van der Waals surface area (Å²) in [7, 11) is 5.37. The molecule has 0 spiro atoms. The number of methoxy groups -OCH3 is 2. The molecule has 0 amide bonds. The van der Waals surface area contributed by atoms with Crippen LogP contribution in [0.25, 0.3) is 22.2 Å². The van der Waals surface area contributed by atoms with Gasteiger partial charge >= 0.3 is 0 Å². The summed E-state index contributed by atoms with van der Waals surface area (Å²) in [5.74, 6) is 1.46. The number of rotatable bonds is 6. The fourth-order valence-corrected chi connectivity index (χ4v) is 3.30. The normalized spacial score (nSPS) is 11.0. The summed E-state index contributed by atoms with van der Waals surface area (Å²) in [6, 6.07) is 14.5. The van der Waals surface area contributed by atoms with Gasteiger partial charge in [0.1, 0.15) is 0 Å². The van der Waals surface area contributed by atoms with Crippen molar-refractivity contribution in [3.63, 3.8) is 0 Å². The van der Waals surface area contributed by atoms with E-state index in [0.29, 0.717) is 0 Å². The number of hydrogen-bond donors (Lipinski definition) is 0. The average Bonchev–Trinajstić information content (AvgIpc) is 2.92. The number of fused-ring (bicyclic) bond motifs is 1. The Labute approximate surface area is 142 Å². The van der Waals surface area contributed by atoms with Gasteiger partial charge in [0.25, 0.3) is 0 Å². The molecule has 0 radical (unpaired) electrons. The largest absolute Gasteiger partial charge is 0.493 e. The van der Waals surface area contributed by atoms with Crippen LogP contribution in [0.2, 0.25) is 0 Å². The summed E-state index contributed by atoms with van der Waals surface area (Å²) in [4.78, 5) is 0. The topological polar surface area (TPSA) is 32.6 Å². The zero-order chi connectivity index (χ0) is 17.1. The number of ether oxygens (including phenoxy) is 3. The molecule has 0 saturated heterocycles. The molecule has 3 aromatic rings. The van der Waals surface area contributed by atoms with Gasteiger partial charge in [-0.25, -0.2) is 0 Å². The molecule has 24 heavy (non-hydrogen) atoms. The van der Waals surface area contributed by atoms with Crippen LogP contribution in [-0.2, 0) is 18.2 Å². The van der Waals surface area contributed by atoms with E-state index >= 15 is 0 Å². The molecule has 0 unspecified atom stereocenters. The van der Waals surface area contributed by atoms with E-state index in [1.807, 2.05) is 12.1 Å². The van der Waals surface area contributed by atoms with E-state index in [-0.39, 0.29) is 6.79 Å². The summed E-state index contributed by atoms with van der Waals surface area (Å²) in [6.45, 7) is 2.36. The summed E-state index contributed by atoms with van der Waals surface area (Å²) in [6.07, 6.45) is 0.901. The third-order valence-corrected chi connectivity index (χ3v) is 4.33. The van der Waals surface area contributed by atoms with Crippen molar-refractivity contribution in [3.05, 3.63) is 48.0 Å². The first-order valence-electron chi connectivity index (χ1n) is 8.08. The maximum Gasteiger partial charge on any atom is 0.188 e. The summed E-state index contributed by atoms with van der Waals surface area (Å²) < 4.78 is 18.7. The van der Waals surface area contributed by atoms with Crippen molar-refractivity contribution in [2.75, 3.05) is 21.0 Å². The van der Waals surface area contributed by atoms with Crippen LogP contribution in [0.5, 0.6) is 11.5 Å². The molecular formula is C20H23NO3. The van der Waals surface area contributed by atoms with Crippen LogP contribution in [-0.4, -0.2) is 25.6 Å². The number of nitrogens with zero attached hydrogens (tertiary/aromatic N) is 1. The van der Waals surface area contributed by atoms with Crippen molar-refractivity contribution in [1.29, 1.82) is 0 Å². The van der Waals surface area contributed by atoms with Gasteiger partial charge in [0.05, 0.1) is 18.3 Å². The lowest BCUT2D eigenvalue weighted by molar-refractivity contribution is 0.0503. The van der Waals surface area contributed by atoms with Crippen molar-refractivity contribution in [3.8, 4) is 22.8 Å². The molecule has 4 nitrogen and oxygen atoms in total. The van der Waals surface area contributed by atoms with E-state index < -0.39 is 0 Å². The van der Waals surface area contributed by atoms with Crippen LogP contribution in [0.15, 0.2) is 42.5 Å². The van der Waals surface area contributed by atoms with E-state index in [2.05, 4.69) is 48.9 Å². The number of aromatic nitrogens is 1. The van der Waals surface area contributed by atoms with Gasteiger partial charge in [-0.15, -0.1) is 0 Å². The molecule has 0 N–H and O–H groups in total. The molecular weight excluding hydrogens is 302 g/mol. The van der Waals surface area contributed by atoms with Gasteiger partial charge in [0, 0.05) is 19.5 Å². The second-order valence-corrected chi connectivity index (χ2v) is 5.65. The molecule has 3 rings (SSSR count). The van der Waals surface area contributed by atoms with Gasteiger partial charge in [-0.1, -0.05) is 37.3 Å². The zero-order valence-electron chi connectivity index (χ0n) is 14.6. The lowest BCUT2D eigenvalue weighted by Crippen LogP contribution is -2.01. The fourth-order valence-electron chi connectivity index (χ4n) is 3.30. The predicted octanol–water partition coefficient (Wildman–Crippen LogP) is 4.40. The lowest BCUT2D eigenvalue weighted by Gasteiger charge is -2.12. The molecule has 4 heteroatoms. The summed E-state index contributed by atoms with van der Waals surface area (Å²) in [5, 5.41) is 1.09. The SMILES string of the molecule is CCc1c(-c2ccccc2)n(C)c2ccc(OC)c(OCOC)c12. The molecule has 1 heterocycles. The van der Waals surface area contributed by atoms with E-state index in [0.717, 1.165) is 28.8 Å². The minimum absolute atomic E-state index is 0.189. The van der Waals surface area contributed by atoms with Crippen molar-refractivity contribution >= 4 is 10.9 Å². The van der Waals surface area contributed by atoms with E-state index in [9.17, 15) is 0 Å². The van der Waals surface area contributed by atoms with Crippen molar-refractivity contribution in [2.45, 2.75) is 13.3 Å². The lowest BCUT2D eigenvalue weighted by atomic mass is 10.0. The van der Waals surface area contributed by atoms with Crippen LogP contribution in [0.1, 0.15) is 12.5 Å². The van der Waals surface area contributed by atoms with E-state index in [4.69, 9.17) is 14.2 Å². The molecule has 2 aromatic carbocycles. The summed E-state index contributed by atoms with van der Waals surface area (Å²) in [5.41, 5.74) is 4.79. The average molecular weight is 325 g/mol. The molecule has 0 aliphatic heterocycles. The molecule has 0 saturated carbocycles. The highest BCUT2D eigenvalue weighted by molar-refractivity contribution is 5.98. The van der Waals surface area contributed by atoms with Crippen molar-refractivity contribution in [1.82, 2.24) is 4.57 Å². The fraction of sp³-hybridized carbons (Fsp3) is 0.300. The highest BCUT2D eigenvalue weighted by Gasteiger charge is 2.21. The van der Waals surface area contributed by atoms with Crippen molar-refractivity contribution in [2.24, 2.45) is 7.05 Å². The molecule has 126 valence electrons. The van der Waals surface area contributed by atoms with E-state index in [1.165, 1.54) is 16.8 Å². The monoisotopic (exact) mass is 325 g/mol. The van der Waals surface area contributed by atoms with Gasteiger partial charge in [0.15, 0.2) is 18.3 Å². The molecule has 0 bridgehead atoms. The minimum Gasteiger partial charge on any atom is -0.493 e. The Kier molecular flexibility index (Phi) is 4.76. The Morgan fingerprint density at radius 3 is 2.38 bits per heavy atom. The highest BCUT2D eigenvalue weighted by atomic mass is 16.7. The smallest absolute Gasteiger partial charge is 0.188 e. The molecule has 0 fully saturated rings. The quantitative estimate of drug-likeness (QED) is 0.630. The van der Waals surface area contributed by atoms with Gasteiger partial charge < -0.3 is 18.8 Å². The van der Waals surface area contributed by atoms with Crippen LogP contribution < -0.4 is 9.47 Å². The van der Waals surface area contributed by atoms with Crippen LogP contribution in [0.4, 0.5) is 0 Å².